The van der Waals surface area contributed by atoms with E-state index in [0.717, 1.165) is 0 Å². The van der Waals surface area contributed by atoms with E-state index in [1.165, 1.54) is 100 Å². The van der Waals surface area contributed by atoms with Crippen molar-refractivity contribution in [3.63, 3.8) is 0 Å². The van der Waals surface area contributed by atoms with Crippen LogP contribution in [-0.2, 0) is 6.42 Å². The Morgan fingerprint density at radius 2 is 1.12 bits per heavy atom. The predicted octanol–water partition coefficient (Wildman–Crippen LogP) is 8.04. The van der Waals surface area contributed by atoms with Gasteiger partial charge in [0.15, 0.2) is 0 Å². The summed E-state index contributed by atoms with van der Waals surface area (Å²) in [5.41, 5.74) is 4.37. The number of hydrogen-bond donors (Lipinski definition) is 0. The lowest BCUT2D eigenvalue weighted by Crippen LogP contribution is -1.86. The first-order valence-corrected chi connectivity index (χ1v) is 10.4. The van der Waals surface area contributed by atoms with Gasteiger partial charge in [-0.1, -0.05) is 120 Å². The lowest BCUT2D eigenvalue weighted by molar-refractivity contribution is 0.544. The summed E-state index contributed by atoms with van der Waals surface area (Å²) in [5.74, 6) is 0. The van der Waals surface area contributed by atoms with E-state index in [9.17, 15) is 0 Å². The quantitative estimate of drug-likeness (QED) is 0.327. The third kappa shape index (κ3) is 7.07. The van der Waals surface area contributed by atoms with Gasteiger partial charge in [-0.2, -0.15) is 0 Å². The minimum absolute atomic E-state index is 1.24. The smallest absolute Gasteiger partial charge is 0.0152 e. The standard InChI is InChI=1S/C24H36/c1-2-3-4-5-6-7-8-9-10-11-12-14-17-22-20-21-23-18-15-13-16-19-24(22)23/h13,15-16,18-21H,2-12,14,17H2,1H3. The minimum atomic E-state index is 1.24. The number of fused-ring (bicyclic) bond motifs is 1. The summed E-state index contributed by atoms with van der Waals surface area (Å²) in [5, 5.41) is 0. The molecule has 0 saturated carbocycles. The molecule has 0 aromatic rings. The van der Waals surface area contributed by atoms with Crippen LogP contribution in [-0.4, -0.2) is 0 Å². The number of hydrogen-bond acceptors (Lipinski definition) is 0. The summed E-state index contributed by atoms with van der Waals surface area (Å²) in [6.07, 6.45) is 18.3. The summed E-state index contributed by atoms with van der Waals surface area (Å²) in [4.78, 5) is 0. The summed E-state index contributed by atoms with van der Waals surface area (Å²) < 4.78 is 0. The molecule has 0 heteroatoms. The molecule has 0 atom stereocenters. The van der Waals surface area contributed by atoms with Crippen LogP contribution in [0.15, 0.2) is 42.5 Å². The molecular formula is C24H36. The van der Waals surface area contributed by atoms with Crippen LogP contribution in [0.4, 0.5) is 0 Å². The van der Waals surface area contributed by atoms with Gasteiger partial charge in [-0.15, -0.1) is 0 Å². The first kappa shape index (κ1) is 19.0. The first-order valence-electron chi connectivity index (χ1n) is 10.4. The maximum absolute atomic E-state index is 2.32. The Bertz CT molecular complexity index is 513. The Kier molecular flexibility index (Phi) is 9.61. The van der Waals surface area contributed by atoms with Gasteiger partial charge in [0.25, 0.3) is 0 Å². The van der Waals surface area contributed by atoms with Gasteiger partial charge in [-0.3, -0.25) is 0 Å². The van der Waals surface area contributed by atoms with Gasteiger partial charge in [-0.05, 0) is 29.5 Å². The fourth-order valence-electron chi connectivity index (χ4n) is 3.65. The van der Waals surface area contributed by atoms with Gasteiger partial charge in [0.05, 0.1) is 0 Å². The van der Waals surface area contributed by atoms with Gasteiger partial charge in [0, 0.05) is 0 Å². The van der Waals surface area contributed by atoms with Crippen molar-refractivity contribution >= 4 is 0 Å². The first-order chi connectivity index (χ1) is 11.9. The fraction of sp³-hybridized carbons (Fsp3) is 0.583. The van der Waals surface area contributed by atoms with E-state index in [4.69, 9.17) is 0 Å². The molecule has 2 aliphatic carbocycles. The van der Waals surface area contributed by atoms with Crippen LogP contribution < -0.4 is 0 Å². The molecule has 0 bridgehead atoms. The van der Waals surface area contributed by atoms with E-state index in [2.05, 4.69) is 49.4 Å². The molecule has 0 saturated heterocycles. The number of rotatable bonds is 13. The van der Waals surface area contributed by atoms with E-state index in [1.807, 2.05) is 0 Å². The molecule has 0 radical (unpaired) electrons. The molecule has 132 valence electrons. The van der Waals surface area contributed by atoms with Crippen LogP contribution in [0, 0.1) is 0 Å². The van der Waals surface area contributed by atoms with Crippen LogP contribution in [0.1, 0.15) is 89.5 Å². The monoisotopic (exact) mass is 324 g/mol. The largest absolute Gasteiger partial charge is 0.0654 e. The number of aryl methyl sites for hydroxylation is 1. The minimum Gasteiger partial charge on any atom is -0.0654 e. The van der Waals surface area contributed by atoms with Crippen LogP contribution in [0.3, 0.4) is 0 Å². The van der Waals surface area contributed by atoms with Crippen LogP contribution in [0.2, 0.25) is 0 Å². The molecule has 0 heterocycles. The summed E-state index contributed by atoms with van der Waals surface area (Å²) >= 11 is 0. The molecule has 0 aromatic carbocycles. The summed E-state index contributed by atoms with van der Waals surface area (Å²) in [6.45, 7) is 2.29. The number of unbranched alkanes of at least 4 members (excludes halogenated alkanes) is 11. The molecular weight excluding hydrogens is 288 g/mol. The van der Waals surface area contributed by atoms with Crippen molar-refractivity contribution in [1.29, 1.82) is 0 Å². The Balaban J connectivity index is 1.47. The predicted molar refractivity (Wildman–Crippen MR) is 108 cm³/mol. The molecule has 0 aliphatic heterocycles. The van der Waals surface area contributed by atoms with Gasteiger partial charge in [-0.25, -0.2) is 0 Å². The van der Waals surface area contributed by atoms with Gasteiger partial charge >= 0.3 is 0 Å². The molecule has 0 nitrogen and oxygen atoms in total. The third-order valence-corrected chi connectivity index (χ3v) is 5.18. The van der Waals surface area contributed by atoms with Crippen LogP contribution in [0.25, 0.3) is 11.1 Å². The maximum Gasteiger partial charge on any atom is -0.0152 e. The molecule has 0 amide bonds. The summed E-state index contributed by atoms with van der Waals surface area (Å²) in [7, 11) is 0. The van der Waals surface area contributed by atoms with Gasteiger partial charge in [0.1, 0.15) is 0 Å². The second-order valence-corrected chi connectivity index (χ2v) is 7.28. The van der Waals surface area contributed by atoms with E-state index in [-0.39, 0.29) is 0 Å². The highest BCUT2D eigenvalue weighted by atomic mass is 14.1. The summed E-state index contributed by atoms with van der Waals surface area (Å²) in [6, 6.07) is 15.5. The molecule has 0 N–H and O–H groups in total. The van der Waals surface area contributed by atoms with E-state index < -0.39 is 0 Å². The third-order valence-electron chi connectivity index (χ3n) is 5.18. The topological polar surface area (TPSA) is 0 Å². The second-order valence-electron chi connectivity index (χ2n) is 7.28. The van der Waals surface area contributed by atoms with Crippen molar-refractivity contribution in [2.45, 2.75) is 90.4 Å². The van der Waals surface area contributed by atoms with Crippen molar-refractivity contribution in [3.05, 3.63) is 48.0 Å². The zero-order valence-electron chi connectivity index (χ0n) is 15.7. The Morgan fingerprint density at radius 1 is 0.542 bits per heavy atom. The molecule has 24 heavy (non-hydrogen) atoms. The van der Waals surface area contributed by atoms with Crippen molar-refractivity contribution in [3.8, 4) is 11.1 Å². The van der Waals surface area contributed by atoms with Crippen LogP contribution >= 0.6 is 0 Å². The highest BCUT2D eigenvalue weighted by Gasteiger charge is 2.06. The SMILES string of the molecule is CCCCCCCCCCCCCCc1ccc2cccccc1-2. The lowest BCUT2D eigenvalue weighted by Gasteiger charge is -2.04. The van der Waals surface area contributed by atoms with Crippen molar-refractivity contribution in [1.82, 2.24) is 0 Å². The Labute approximate surface area is 150 Å². The van der Waals surface area contributed by atoms with E-state index in [0.29, 0.717) is 0 Å². The zero-order chi connectivity index (χ0) is 16.9. The van der Waals surface area contributed by atoms with Crippen LogP contribution in [0.5, 0.6) is 0 Å². The highest BCUT2D eigenvalue weighted by molar-refractivity contribution is 5.70. The normalized spacial score (nSPS) is 11.2. The van der Waals surface area contributed by atoms with Gasteiger partial charge in [0.2, 0.25) is 0 Å². The average Bonchev–Trinajstić information content (AvgIpc) is 2.82. The van der Waals surface area contributed by atoms with Gasteiger partial charge < -0.3 is 0 Å². The van der Waals surface area contributed by atoms with Crippen molar-refractivity contribution < 1.29 is 0 Å². The molecule has 2 aliphatic rings. The highest BCUT2D eigenvalue weighted by Crippen LogP contribution is 2.28. The van der Waals surface area contributed by atoms with E-state index >= 15 is 0 Å². The Hall–Kier alpha value is -1.30. The zero-order valence-corrected chi connectivity index (χ0v) is 15.7. The molecule has 0 aromatic heterocycles. The van der Waals surface area contributed by atoms with E-state index in [1.54, 1.807) is 0 Å². The maximum atomic E-state index is 2.32. The lowest BCUT2D eigenvalue weighted by atomic mass is 10.0. The van der Waals surface area contributed by atoms with Crippen molar-refractivity contribution in [2.24, 2.45) is 0 Å². The van der Waals surface area contributed by atoms with Crippen molar-refractivity contribution in [2.75, 3.05) is 0 Å². The molecule has 2 rings (SSSR count). The molecule has 0 spiro atoms. The second kappa shape index (κ2) is 12.1. The average molecular weight is 325 g/mol. The Morgan fingerprint density at radius 3 is 1.79 bits per heavy atom. The molecule has 0 fully saturated rings. The fourth-order valence-corrected chi connectivity index (χ4v) is 3.65. The molecule has 0 unspecified atom stereocenters.